The van der Waals surface area contributed by atoms with Crippen LogP contribution in [0, 0.1) is 5.92 Å². The lowest BCUT2D eigenvalue weighted by Gasteiger charge is -2.26. The molecule has 1 fully saturated rings. The molecular weight excluding hydrogens is 146 g/mol. The molecule has 1 aliphatic heterocycles. The van der Waals surface area contributed by atoms with E-state index in [9.17, 15) is 4.79 Å². The van der Waals surface area contributed by atoms with Gasteiger partial charge in [-0.15, -0.1) is 0 Å². The molecule has 1 rings (SSSR count). The van der Waals surface area contributed by atoms with Gasteiger partial charge in [-0.25, -0.2) is 0 Å². The topological polar surface area (TPSA) is 61.5 Å². The first-order valence-corrected chi connectivity index (χ1v) is 3.67. The zero-order chi connectivity index (χ0) is 8.27. The fourth-order valence-electron chi connectivity index (χ4n) is 1.15. The van der Waals surface area contributed by atoms with Crippen LogP contribution in [0.1, 0.15) is 6.42 Å². The number of hydrogen-bond acceptors (Lipinski definition) is 4. The van der Waals surface area contributed by atoms with Gasteiger partial charge in [0.2, 0.25) is 0 Å². The van der Waals surface area contributed by atoms with Gasteiger partial charge in [0, 0.05) is 12.6 Å². The molecule has 11 heavy (non-hydrogen) atoms. The normalized spacial score (nSPS) is 31.5. The molecule has 4 nitrogen and oxygen atoms in total. The monoisotopic (exact) mass is 159 g/mol. The lowest BCUT2D eigenvalue weighted by atomic mass is 9.97. The lowest BCUT2D eigenvalue weighted by Crippen LogP contribution is -2.43. The first-order chi connectivity index (χ1) is 5.25. The third-order valence-corrected chi connectivity index (χ3v) is 1.91. The predicted octanol–water partition coefficient (Wildman–Crippen LogP) is -0.477. The van der Waals surface area contributed by atoms with Crippen molar-refractivity contribution < 1.29 is 14.3 Å². The second-order valence-corrected chi connectivity index (χ2v) is 2.66. The van der Waals surface area contributed by atoms with Crippen molar-refractivity contribution in [2.45, 2.75) is 12.5 Å². The number of esters is 1. The summed E-state index contributed by atoms with van der Waals surface area (Å²) in [6.45, 7) is 1.04. The smallest absolute Gasteiger partial charge is 0.312 e. The Kier molecular flexibility index (Phi) is 2.84. The van der Waals surface area contributed by atoms with Gasteiger partial charge >= 0.3 is 5.97 Å². The lowest BCUT2D eigenvalue weighted by molar-refractivity contribution is -0.150. The average molecular weight is 159 g/mol. The molecule has 1 heterocycles. The second kappa shape index (κ2) is 3.69. The van der Waals surface area contributed by atoms with Crippen LogP contribution < -0.4 is 5.73 Å². The molecule has 0 aromatic carbocycles. The van der Waals surface area contributed by atoms with Crippen molar-refractivity contribution in [3.63, 3.8) is 0 Å². The van der Waals surface area contributed by atoms with Crippen LogP contribution in [-0.2, 0) is 14.3 Å². The van der Waals surface area contributed by atoms with Gasteiger partial charge in [-0.05, 0) is 6.42 Å². The third kappa shape index (κ3) is 1.91. The summed E-state index contributed by atoms with van der Waals surface area (Å²) in [5.74, 6) is -0.536. The van der Waals surface area contributed by atoms with Crippen molar-refractivity contribution >= 4 is 5.97 Å². The maximum atomic E-state index is 11.0. The highest BCUT2D eigenvalue weighted by molar-refractivity contribution is 5.73. The minimum atomic E-state index is -0.270. The Morgan fingerprint density at radius 2 is 2.45 bits per heavy atom. The van der Waals surface area contributed by atoms with E-state index >= 15 is 0 Å². The van der Waals surface area contributed by atoms with E-state index in [-0.39, 0.29) is 17.9 Å². The molecule has 2 atom stereocenters. The van der Waals surface area contributed by atoms with Crippen LogP contribution in [0.3, 0.4) is 0 Å². The van der Waals surface area contributed by atoms with E-state index in [2.05, 4.69) is 4.74 Å². The van der Waals surface area contributed by atoms with E-state index in [0.29, 0.717) is 13.2 Å². The highest BCUT2D eigenvalue weighted by atomic mass is 16.5. The minimum Gasteiger partial charge on any atom is -0.469 e. The largest absolute Gasteiger partial charge is 0.469 e. The van der Waals surface area contributed by atoms with E-state index in [4.69, 9.17) is 10.5 Å². The number of carbonyl (C=O) groups excluding carboxylic acids is 1. The second-order valence-electron chi connectivity index (χ2n) is 2.66. The summed E-state index contributed by atoms with van der Waals surface area (Å²) in [4.78, 5) is 11.0. The van der Waals surface area contributed by atoms with Crippen molar-refractivity contribution in [1.82, 2.24) is 0 Å². The molecule has 1 aliphatic rings. The molecule has 0 saturated carbocycles. The van der Waals surface area contributed by atoms with Gasteiger partial charge in [-0.3, -0.25) is 4.79 Å². The summed E-state index contributed by atoms with van der Waals surface area (Å²) in [7, 11) is 1.36. The third-order valence-electron chi connectivity index (χ3n) is 1.91. The summed E-state index contributed by atoms with van der Waals surface area (Å²) in [6, 6.07) is -0.101. The molecule has 0 amide bonds. The summed E-state index contributed by atoms with van der Waals surface area (Å²) in [5.41, 5.74) is 5.67. The van der Waals surface area contributed by atoms with Crippen LogP contribution in [0.15, 0.2) is 0 Å². The van der Waals surface area contributed by atoms with Crippen LogP contribution in [0.4, 0.5) is 0 Å². The molecule has 2 N–H and O–H groups in total. The number of carbonyl (C=O) groups is 1. The Balaban J connectivity index is 2.47. The summed E-state index contributed by atoms with van der Waals surface area (Å²) in [5, 5.41) is 0. The molecule has 0 aromatic rings. The quantitative estimate of drug-likeness (QED) is 0.525. The van der Waals surface area contributed by atoms with Gasteiger partial charge in [0.05, 0.1) is 19.6 Å². The Morgan fingerprint density at radius 1 is 1.73 bits per heavy atom. The first-order valence-electron chi connectivity index (χ1n) is 3.67. The fourth-order valence-corrected chi connectivity index (χ4v) is 1.15. The van der Waals surface area contributed by atoms with Crippen molar-refractivity contribution in [3.05, 3.63) is 0 Å². The molecule has 0 aliphatic carbocycles. The van der Waals surface area contributed by atoms with Crippen LogP contribution >= 0.6 is 0 Å². The fraction of sp³-hybridized carbons (Fsp3) is 0.857. The summed E-state index contributed by atoms with van der Waals surface area (Å²) < 4.78 is 9.66. The Bertz CT molecular complexity index is 149. The standard InChI is InChI=1S/C7H13NO3/c1-10-7(9)5-4-11-3-2-6(5)8/h5-6H,2-4,8H2,1H3/t5-,6-/m1/s1. The highest BCUT2D eigenvalue weighted by Crippen LogP contribution is 2.13. The summed E-state index contributed by atoms with van der Waals surface area (Å²) >= 11 is 0. The van der Waals surface area contributed by atoms with Crippen LogP contribution in [0.2, 0.25) is 0 Å². The highest BCUT2D eigenvalue weighted by Gasteiger charge is 2.29. The van der Waals surface area contributed by atoms with Crippen molar-refractivity contribution in [2.24, 2.45) is 11.7 Å². The van der Waals surface area contributed by atoms with E-state index in [1.165, 1.54) is 7.11 Å². The van der Waals surface area contributed by atoms with Gasteiger partial charge in [0.15, 0.2) is 0 Å². The molecule has 0 unspecified atom stereocenters. The Morgan fingerprint density at radius 3 is 3.00 bits per heavy atom. The van der Waals surface area contributed by atoms with E-state index in [1.54, 1.807) is 0 Å². The SMILES string of the molecule is COC(=O)[C@@H]1COCC[C@H]1N. The molecule has 1 saturated heterocycles. The maximum Gasteiger partial charge on any atom is 0.312 e. The van der Waals surface area contributed by atoms with Gasteiger partial charge in [-0.2, -0.15) is 0 Å². The van der Waals surface area contributed by atoms with E-state index in [0.717, 1.165) is 6.42 Å². The van der Waals surface area contributed by atoms with Gasteiger partial charge in [0.25, 0.3) is 0 Å². The number of methoxy groups -OCH3 is 1. The molecule has 0 spiro atoms. The van der Waals surface area contributed by atoms with Gasteiger partial charge in [-0.1, -0.05) is 0 Å². The molecule has 0 bridgehead atoms. The van der Waals surface area contributed by atoms with Crippen molar-refractivity contribution in [2.75, 3.05) is 20.3 Å². The molecule has 64 valence electrons. The van der Waals surface area contributed by atoms with E-state index in [1.807, 2.05) is 0 Å². The first kappa shape index (κ1) is 8.49. The van der Waals surface area contributed by atoms with Gasteiger partial charge < -0.3 is 15.2 Å². The Hall–Kier alpha value is -0.610. The predicted molar refractivity (Wildman–Crippen MR) is 38.9 cm³/mol. The zero-order valence-corrected chi connectivity index (χ0v) is 6.58. The maximum absolute atomic E-state index is 11.0. The number of ether oxygens (including phenoxy) is 2. The average Bonchev–Trinajstić information content (AvgIpc) is 2.04. The zero-order valence-electron chi connectivity index (χ0n) is 6.58. The van der Waals surface area contributed by atoms with Crippen LogP contribution in [-0.4, -0.2) is 32.3 Å². The minimum absolute atomic E-state index is 0.101. The molecule has 0 radical (unpaired) electrons. The van der Waals surface area contributed by atoms with Crippen LogP contribution in [0.25, 0.3) is 0 Å². The molecule has 0 aromatic heterocycles. The van der Waals surface area contributed by atoms with Crippen molar-refractivity contribution in [3.8, 4) is 0 Å². The van der Waals surface area contributed by atoms with Gasteiger partial charge in [0.1, 0.15) is 0 Å². The van der Waals surface area contributed by atoms with Crippen LogP contribution in [0.5, 0.6) is 0 Å². The number of nitrogens with two attached hydrogens (primary N) is 1. The number of hydrogen-bond donors (Lipinski definition) is 1. The van der Waals surface area contributed by atoms with Crippen molar-refractivity contribution in [1.29, 1.82) is 0 Å². The number of rotatable bonds is 1. The molecule has 4 heteroatoms. The summed E-state index contributed by atoms with van der Waals surface area (Å²) in [6.07, 6.45) is 0.736. The Labute approximate surface area is 65.7 Å². The molecular formula is C7H13NO3. The van der Waals surface area contributed by atoms with E-state index < -0.39 is 0 Å².